The molecule has 0 rings (SSSR count). The summed E-state index contributed by atoms with van der Waals surface area (Å²) in [5.41, 5.74) is 0. The third-order valence-electron chi connectivity index (χ3n) is 22.3. The zero-order valence-corrected chi connectivity index (χ0v) is 74.1. The molecule has 0 aromatic carbocycles. The van der Waals surface area contributed by atoms with Gasteiger partial charge < -0.3 is 59.9 Å². The molecule has 116 heavy (non-hydrogen) atoms. The minimum Gasteiger partial charge on any atom is -0.480 e. The Bertz CT molecular complexity index is 2230. The average Bonchev–Trinajstić information content (AvgIpc) is 0.883. The van der Waals surface area contributed by atoms with Gasteiger partial charge in [0.25, 0.3) is 0 Å². The molecule has 0 fully saturated rings. The van der Waals surface area contributed by atoms with Crippen LogP contribution in [0.15, 0.2) is 0 Å². The van der Waals surface area contributed by atoms with Crippen molar-refractivity contribution < 1.29 is 92.4 Å². The van der Waals surface area contributed by atoms with Gasteiger partial charge in [-0.25, -0.2) is 4.79 Å². The number of alkyl carbamates (subject to hydrolysis) is 1. The molecule has 0 aromatic rings. The number of carboxylic acids is 5. The van der Waals surface area contributed by atoms with Crippen molar-refractivity contribution in [1.82, 2.24) is 25.3 Å². The van der Waals surface area contributed by atoms with Crippen molar-refractivity contribution in [1.29, 1.82) is 0 Å². The minimum absolute atomic E-state index is 0.0467. The third kappa shape index (κ3) is 75.1. The molecule has 2 unspecified atom stereocenters. The number of rotatable bonds is 92. The number of carbonyl (C=O) groups is 9. The van der Waals surface area contributed by atoms with E-state index < -0.39 is 80.2 Å². The Morgan fingerprint density at radius 1 is 0.310 bits per heavy atom. The topological polar surface area (TPSA) is 335 Å². The second kappa shape index (κ2) is 83.5. The van der Waals surface area contributed by atoms with E-state index in [1.807, 2.05) is 0 Å². The Morgan fingerprint density at radius 2 is 0.629 bits per heavy atom. The molecule has 0 aliphatic carbocycles. The molecule has 24 heteroatoms. The number of esters is 3. The predicted octanol–water partition coefficient (Wildman–Crippen LogP) is 20.3. The van der Waals surface area contributed by atoms with Crippen LogP contribution in [0.3, 0.4) is 0 Å². The molecule has 1 amide bonds. The molecule has 0 aromatic heterocycles. The van der Waals surface area contributed by atoms with Crippen LogP contribution in [0.25, 0.3) is 0 Å². The van der Waals surface area contributed by atoms with Gasteiger partial charge >= 0.3 is 53.8 Å². The fourth-order valence-electron chi connectivity index (χ4n) is 15.2. The first-order valence-electron chi connectivity index (χ1n) is 47.4. The lowest BCUT2D eigenvalue weighted by molar-refractivity contribution is -0.171. The Morgan fingerprint density at radius 3 is 0.983 bits per heavy atom. The number of hydrogen-bond donors (Lipinski definition) is 7. The van der Waals surface area contributed by atoms with E-state index in [9.17, 15) is 68.7 Å². The summed E-state index contributed by atoms with van der Waals surface area (Å²) < 4.78 is 29.6. The standard InChI is InChI=1S/C92H173N5O19/c1-5-9-13-17-21-25-29-33-37-41-45-50-58-80(59-51-46-42-38-34-30-26-22-18-14-10-6-2)90(109)115-79-82(116-91(110)81(60-52-47-43-39-35-31-27-23-19-15-11-7-3)61-53-48-44-40-36-32-28-24-20-16-12-8-4)78-114-88(106)63-54-49-57-71-112-72-65-93-66-73-113-92(111)94-64-56-55-62-83(89(107)108)97(69-67-95(74-84(98)99)75-85(100)101)70-68-96(76-86(102)103)77-87(104)105/h80-83,93H,5-79H2,1-4H3,(H,94,111)(H,98,99)(H,100,101)(H,102,103)(H,104,105)(H,107,108). The van der Waals surface area contributed by atoms with Crippen LogP contribution in [0, 0.1) is 11.8 Å². The van der Waals surface area contributed by atoms with E-state index in [1.54, 1.807) is 0 Å². The number of nitrogens with zero attached hydrogens (tertiary/aromatic N) is 3. The predicted molar refractivity (Wildman–Crippen MR) is 463 cm³/mol. The van der Waals surface area contributed by atoms with Crippen LogP contribution in [0.2, 0.25) is 0 Å². The van der Waals surface area contributed by atoms with Crippen LogP contribution in [0.1, 0.15) is 407 Å². The van der Waals surface area contributed by atoms with E-state index in [4.69, 9.17) is 23.7 Å². The van der Waals surface area contributed by atoms with Gasteiger partial charge in [0.2, 0.25) is 0 Å². The number of nitrogens with one attached hydrogen (secondary N) is 2. The number of aliphatic carboxylic acids is 5. The van der Waals surface area contributed by atoms with Crippen molar-refractivity contribution in [2.45, 2.75) is 419 Å². The summed E-state index contributed by atoms with van der Waals surface area (Å²) in [6, 6.07) is -1.19. The molecular formula is C92H173N5O19. The highest BCUT2D eigenvalue weighted by Gasteiger charge is 2.30. The van der Waals surface area contributed by atoms with Crippen LogP contribution >= 0.6 is 0 Å². The zero-order valence-electron chi connectivity index (χ0n) is 74.1. The lowest BCUT2D eigenvalue weighted by atomic mass is 9.94. The fourth-order valence-corrected chi connectivity index (χ4v) is 15.2. The average molecular weight is 1650 g/mol. The smallest absolute Gasteiger partial charge is 0.407 e. The van der Waals surface area contributed by atoms with E-state index in [0.717, 1.165) is 106 Å². The maximum atomic E-state index is 14.5. The van der Waals surface area contributed by atoms with Gasteiger partial charge in [-0.05, 0) is 57.8 Å². The van der Waals surface area contributed by atoms with Crippen molar-refractivity contribution >= 4 is 53.8 Å². The molecule has 0 radical (unpaired) electrons. The molecule has 0 spiro atoms. The summed E-state index contributed by atoms with van der Waals surface area (Å²) in [5, 5.41) is 53.3. The van der Waals surface area contributed by atoms with Gasteiger partial charge in [-0.15, -0.1) is 0 Å². The van der Waals surface area contributed by atoms with Gasteiger partial charge in [0, 0.05) is 58.8 Å². The summed E-state index contributed by atoms with van der Waals surface area (Å²) in [7, 11) is 0. The summed E-state index contributed by atoms with van der Waals surface area (Å²) in [4.78, 5) is 117. The first-order valence-corrected chi connectivity index (χ1v) is 47.4. The molecule has 0 heterocycles. The van der Waals surface area contributed by atoms with Crippen molar-refractivity contribution in [2.24, 2.45) is 11.8 Å². The summed E-state index contributed by atoms with van der Waals surface area (Å²) >= 11 is 0. The van der Waals surface area contributed by atoms with Gasteiger partial charge in [-0.1, -0.05) is 342 Å². The summed E-state index contributed by atoms with van der Waals surface area (Å²) in [5.74, 6) is -7.85. The van der Waals surface area contributed by atoms with Crippen molar-refractivity contribution in [3.8, 4) is 0 Å². The molecule has 0 saturated heterocycles. The van der Waals surface area contributed by atoms with Crippen LogP contribution in [-0.2, 0) is 62.0 Å². The molecule has 0 bridgehead atoms. The highest BCUT2D eigenvalue weighted by Crippen LogP contribution is 2.26. The lowest BCUT2D eigenvalue weighted by Crippen LogP contribution is -2.50. The number of ether oxygens (including phenoxy) is 5. The van der Waals surface area contributed by atoms with Gasteiger partial charge in [0.15, 0.2) is 6.10 Å². The highest BCUT2D eigenvalue weighted by molar-refractivity contribution is 5.75. The maximum absolute atomic E-state index is 14.5. The minimum atomic E-state index is -1.29. The monoisotopic (exact) mass is 1650 g/mol. The number of amides is 1. The number of unbranched alkanes of at least 4 members (excludes halogenated alkanes) is 47. The molecular weight excluding hydrogens is 1480 g/mol. The van der Waals surface area contributed by atoms with E-state index in [2.05, 4.69) is 38.3 Å². The first kappa shape index (κ1) is 111. The van der Waals surface area contributed by atoms with Gasteiger partial charge in [-0.2, -0.15) is 0 Å². The number of carboxylic acid groups (broad SMARTS) is 5. The molecule has 7 N–H and O–H groups in total. The number of carbonyl (C=O) groups excluding carboxylic acids is 4. The van der Waals surface area contributed by atoms with E-state index >= 15 is 0 Å². The van der Waals surface area contributed by atoms with Crippen molar-refractivity contribution in [3.63, 3.8) is 0 Å². The largest absolute Gasteiger partial charge is 0.480 e. The maximum Gasteiger partial charge on any atom is 0.407 e. The molecule has 0 aliphatic heterocycles. The van der Waals surface area contributed by atoms with Gasteiger partial charge in [0.05, 0.1) is 44.6 Å². The van der Waals surface area contributed by atoms with Crippen LogP contribution in [0.4, 0.5) is 4.79 Å². The molecule has 2 atom stereocenters. The van der Waals surface area contributed by atoms with Crippen molar-refractivity contribution in [3.05, 3.63) is 0 Å². The van der Waals surface area contributed by atoms with Crippen LogP contribution in [0.5, 0.6) is 0 Å². The van der Waals surface area contributed by atoms with E-state index in [-0.39, 0.29) is 89.2 Å². The quantitative estimate of drug-likeness (QED) is 0.0169. The molecule has 0 aliphatic rings. The highest BCUT2D eigenvalue weighted by atomic mass is 16.6. The van der Waals surface area contributed by atoms with E-state index in [1.165, 1.54) is 249 Å². The first-order chi connectivity index (χ1) is 56.4. The van der Waals surface area contributed by atoms with Crippen LogP contribution < -0.4 is 10.6 Å². The third-order valence-corrected chi connectivity index (χ3v) is 22.3. The molecule has 0 saturated carbocycles. The van der Waals surface area contributed by atoms with Gasteiger partial charge in [-0.3, -0.25) is 53.1 Å². The Hall–Kier alpha value is -5.17. The molecule has 24 nitrogen and oxygen atoms in total. The number of hydrogen-bond acceptors (Lipinski definition) is 18. The molecule has 680 valence electrons. The zero-order chi connectivity index (χ0) is 85.2. The summed E-state index contributed by atoms with van der Waals surface area (Å²) in [6.07, 6.45) is 64.1. The Kier molecular flexibility index (Phi) is 79.8. The second-order valence-electron chi connectivity index (χ2n) is 33.1. The van der Waals surface area contributed by atoms with Crippen LogP contribution in [-0.4, -0.2) is 211 Å². The second-order valence-corrected chi connectivity index (χ2v) is 33.1. The van der Waals surface area contributed by atoms with Gasteiger partial charge in [0.1, 0.15) is 25.9 Å². The lowest BCUT2D eigenvalue weighted by Gasteiger charge is -2.32. The Balaban J connectivity index is 5.78. The Labute approximate surface area is 703 Å². The normalized spacial score (nSPS) is 12.1. The van der Waals surface area contributed by atoms with Crippen molar-refractivity contribution in [2.75, 3.05) is 105 Å². The van der Waals surface area contributed by atoms with E-state index in [0.29, 0.717) is 52.0 Å². The fraction of sp³-hybridized carbons (Fsp3) is 0.902. The SMILES string of the molecule is CCCCCCCCCCCCCCC(CCCCCCCCCCCCCC)C(=O)OCC(COC(=O)CCCCCOCCNCCOC(=O)NCCCCC(C(=O)O)N(CCN(CC(=O)O)CC(=O)O)CCN(CC(=O)O)CC(=O)O)OC(=O)C(CCCCCCCCCCCCCC)CCCCCCCCCCCCCC. The summed E-state index contributed by atoms with van der Waals surface area (Å²) in [6.45, 7) is 7.56.